The summed E-state index contributed by atoms with van der Waals surface area (Å²) in [4.78, 5) is 8.81. The predicted octanol–water partition coefficient (Wildman–Crippen LogP) is 2.57. The molecule has 1 aromatic carbocycles. The molecule has 0 bridgehead atoms. The molecule has 0 aliphatic heterocycles. The molecule has 0 saturated heterocycles. The second-order valence-corrected chi connectivity index (χ2v) is 4.66. The molecule has 2 heterocycles. The number of hydrogen-bond acceptors (Lipinski definition) is 4. The summed E-state index contributed by atoms with van der Waals surface area (Å²) in [5.41, 5.74) is 1.07. The Morgan fingerprint density at radius 2 is 1.90 bits per heavy atom. The molecule has 2 aromatic heterocycles. The fourth-order valence-electron chi connectivity index (χ4n) is 2.23. The first kappa shape index (κ1) is 13.3. The molecule has 0 fully saturated rings. The Morgan fingerprint density at radius 1 is 1.10 bits per heavy atom. The number of aromatic nitrogens is 4. The molecule has 0 aliphatic carbocycles. The number of hydrogen-bond donors (Lipinski definition) is 0. The summed E-state index contributed by atoms with van der Waals surface area (Å²) in [5.74, 6) is 3.19. The topological polar surface area (TPSA) is 52.8 Å². The summed E-state index contributed by atoms with van der Waals surface area (Å²) < 4.78 is 7.12. The van der Waals surface area contributed by atoms with E-state index in [2.05, 4.69) is 15.1 Å². The second kappa shape index (κ2) is 5.75. The van der Waals surface area contributed by atoms with Crippen molar-refractivity contribution < 1.29 is 4.74 Å². The average Bonchev–Trinajstić information content (AvgIpc) is 2.89. The quantitative estimate of drug-likeness (QED) is 0.737. The molecule has 0 spiro atoms. The Labute approximate surface area is 123 Å². The molecule has 3 aromatic rings. The lowest BCUT2D eigenvalue weighted by Crippen LogP contribution is -2.02. The van der Waals surface area contributed by atoms with Gasteiger partial charge in [0.05, 0.1) is 7.11 Å². The van der Waals surface area contributed by atoms with Gasteiger partial charge in [-0.2, -0.15) is 4.68 Å². The maximum Gasteiger partial charge on any atom is 0.155 e. The Bertz CT molecular complexity index is 737. The summed E-state index contributed by atoms with van der Waals surface area (Å²) in [7, 11) is 1.67. The van der Waals surface area contributed by atoms with E-state index in [4.69, 9.17) is 4.74 Å². The maximum atomic E-state index is 5.36. The number of nitrogens with zero attached hydrogens (tertiary/aromatic N) is 4. The zero-order chi connectivity index (χ0) is 14.7. The van der Waals surface area contributed by atoms with Crippen LogP contribution in [0.2, 0.25) is 0 Å². The van der Waals surface area contributed by atoms with E-state index in [0.717, 1.165) is 28.8 Å². The average molecular weight is 280 g/mol. The van der Waals surface area contributed by atoms with Gasteiger partial charge in [-0.25, -0.2) is 9.97 Å². The van der Waals surface area contributed by atoms with E-state index >= 15 is 0 Å². The van der Waals surface area contributed by atoms with E-state index in [1.54, 1.807) is 18.0 Å². The molecule has 0 aliphatic rings. The highest BCUT2D eigenvalue weighted by atomic mass is 16.5. The van der Waals surface area contributed by atoms with Gasteiger partial charge in [0.1, 0.15) is 11.6 Å². The minimum Gasteiger partial charge on any atom is -0.496 e. The van der Waals surface area contributed by atoms with E-state index in [0.29, 0.717) is 6.42 Å². The SMILES string of the molecule is COc1ccccc1Cc1nc(C)n(-c2ccccn2)n1. The van der Waals surface area contributed by atoms with Crippen LogP contribution in [0, 0.1) is 6.92 Å². The van der Waals surface area contributed by atoms with Crippen LogP contribution in [0.3, 0.4) is 0 Å². The highest BCUT2D eigenvalue weighted by molar-refractivity contribution is 5.35. The molecule has 0 atom stereocenters. The van der Waals surface area contributed by atoms with Crippen molar-refractivity contribution in [3.05, 3.63) is 65.9 Å². The highest BCUT2D eigenvalue weighted by Crippen LogP contribution is 2.20. The fourth-order valence-corrected chi connectivity index (χ4v) is 2.23. The van der Waals surface area contributed by atoms with Gasteiger partial charge in [-0.05, 0) is 25.1 Å². The molecule has 0 saturated carbocycles. The molecule has 3 rings (SSSR count). The maximum absolute atomic E-state index is 5.36. The monoisotopic (exact) mass is 280 g/mol. The lowest BCUT2D eigenvalue weighted by Gasteiger charge is -2.05. The third-order valence-corrected chi connectivity index (χ3v) is 3.22. The molecular formula is C16H16N4O. The van der Waals surface area contributed by atoms with Gasteiger partial charge in [0, 0.05) is 18.2 Å². The van der Waals surface area contributed by atoms with Gasteiger partial charge in [0.2, 0.25) is 0 Å². The van der Waals surface area contributed by atoms with Crippen molar-refractivity contribution in [2.24, 2.45) is 0 Å². The predicted molar refractivity (Wildman–Crippen MR) is 79.7 cm³/mol. The molecule has 21 heavy (non-hydrogen) atoms. The molecule has 0 amide bonds. The first-order valence-electron chi connectivity index (χ1n) is 6.74. The van der Waals surface area contributed by atoms with Crippen molar-refractivity contribution in [1.82, 2.24) is 19.7 Å². The highest BCUT2D eigenvalue weighted by Gasteiger charge is 2.11. The molecule has 0 N–H and O–H groups in total. The van der Waals surface area contributed by atoms with Crippen molar-refractivity contribution in [1.29, 1.82) is 0 Å². The molecular weight excluding hydrogens is 264 g/mol. The van der Waals surface area contributed by atoms with Gasteiger partial charge in [-0.1, -0.05) is 24.3 Å². The summed E-state index contributed by atoms with van der Waals surface area (Å²) in [5, 5.41) is 4.54. The van der Waals surface area contributed by atoms with E-state index in [-0.39, 0.29) is 0 Å². The van der Waals surface area contributed by atoms with Crippen LogP contribution < -0.4 is 4.74 Å². The van der Waals surface area contributed by atoms with Gasteiger partial charge >= 0.3 is 0 Å². The Kier molecular flexibility index (Phi) is 3.64. The third kappa shape index (κ3) is 2.76. The van der Waals surface area contributed by atoms with Crippen molar-refractivity contribution in [3.63, 3.8) is 0 Å². The molecule has 0 radical (unpaired) electrons. The van der Waals surface area contributed by atoms with Gasteiger partial charge in [0.15, 0.2) is 11.6 Å². The smallest absolute Gasteiger partial charge is 0.155 e. The number of ether oxygens (including phenoxy) is 1. The minimum atomic E-state index is 0.630. The van der Waals surface area contributed by atoms with Crippen LogP contribution in [0.4, 0.5) is 0 Å². The second-order valence-electron chi connectivity index (χ2n) is 4.66. The van der Waals surface area contributed by atoms with Crippen LogP contribution in [0.1, 0.15) is 17.2 Å². The van der Waals surface area contributed by atoms with E-state index in [9.17, 15) is 0 Å². The fraction of sp³-hybridized carbons (Fsp3) is 0.188. The van der Waals surface area contributed by atoms with Gasteiger partial charge < -0.3 is 4.74 Å². The van der Waals surface area contributed by atoms with Crippen LogP contribution in [0.5, 0.6) is 5.75 Å². The number of pyridine rings is 1. The van der Waals surface area contributed by atoms with Crippen molar-refractivity contribution in [3.8, 4) is 11.6 Å². The first-order chi connectivity index (χ1) is 10.3. The number of aryl methyl sites for hydroxylation is 1. The zero-order valence-electron chi connectivity index (χ0n) is 12.0. The standard InChI is InChI=1S/C16H16N4O/c1-12-18-15(11-13-7-3-4-8-14(13)21-2)19-20(12)16-9-5-6-10-17-16/h3-10H,11H2,1-2H3. The van der Waals surface area contributed by atoms with Gasteiger partial charge in [-0.3, -0.25) is 0 Å². The van der Waals surface area contributed by atoms with Crippen LogP contribution in [-0.2, 0) is 6.42 Å². The number of rotatable bonds is 4. The summed E-state index contributed by atoms with van der Waals surface area (Å²) in [6.07, 6.45) is 2.38. The van der Waals surface area contributed by atoms with E-state index in [1.807, 2.05) is 49.4 Å². The van der Waals surface area contributed by atoms with Gasteiger partial charge in [0.25, 0.3) is 0 Å². The first-order valence-corrected chi connectivity index (χ1v) is 6.74. The van der Waals surface area contributed by atoms with Crippen LogP contribution >= 0.6 is 0 Å². The number of para-hydroxylation sites is 1. The van der Waals surface area contributed by atoms with Crippen LogP contribution in [0.15, 0.2) is 48.7 Å². The third-order valence-electron chi connectivity index (χ3n) is 3.22. The Balaban J connectivity index is 1.91. The summed E-state index contributed by atoms with van der Waals surface area (Å²) in [6, 6.07) is 13.6. The summed E-state index contributed by atoms with van der Waals surface area (Å²) >= 11 is 0. The van der Waals surface area contributed by atoms with Crippen LogP contribution in [-0.4, -0.2) is 26.9 Å². The Hall–Kier alpha value is -2.69. The number of methoxy groups -OCH3 is 1. The van der Waals surface area contributed by atoms with Gasteiger partial charge in [-0.15, -0.1) is 5.10 Å². The molecule has 5 nitrogen and oxygen atoms in total. The van der Waals surface area contributed by atoms with Crippen molar-refractivity contribution >= 4 is 0 Å². The molecule has 106 valence electrons. The van der Waals surface area contributed by atoms with E-state index < -0.39 is 0 Å². The number of benzene rings is 1. The van der Waals surface area contributed by atoms with Crippen molar-refractivity contribution in [2.75, 3.05) is 7.11 Å². The zero-order valence-corrected chi connectivity index (χ0v) is 12.0. The molecule has 0 unspecified atom stereocenters. The van der Waals surface area contributed by atoms with Crippen molar-refractivity contribution in [2.45, 2.75) is 13.3 Å². The normalized spacial score (nSPS) is 10.6. The Morgan fingerprint density at radius 3 is 2.67 bits per heavy atom. The lowest BCUT2D eigenvalue weighted by atomic mass is 10.1. The van der Waals surface area contributed by atoms with Crippen LogP contribution in [0.25, 0.3) is 5.82 Å². The minimum absolute atomic E-state index is 0.630. The van der Waals surface area contributed by atoms with E-state index in [1.165, 1.54) is 0 Å². The molecule has 5 heteroatoms. The largest absolute Gasteiger partial charge is 0.496 e. The lowest BCUT2D eigenvalue weighted by molar-refractivity contribution is 0.410. The summed E-state index contributed by atoms with van der Waals surface area (Å²) in [6.45, 7) is 1.92.